The van der Waals surface area contributed by atoms with Crippen molar-refractivity contribution in [2.24, 2.45) is 0 Å². The quantitative estimate of drug-likeness (QED) is 0.269. The minimum atomic E-state index is -3.46. The van der Waals surface area contributed by atoms with Crippen LogP contribution < -0.4 is 21.3 Å². The summed E-state index contributed by atoms with van der Waals surface area (Å²) >= 11 is 0. The molecule has 1 aromatic carbocycles. The SMILES string of the molecule is CCCC(NC(=O)C(CS(C)(=O)=O)NCC)C(=O)C(=O)NCC(=O)N[C@H](C)c1ccccc1. The van der Waals surface area contributed by atoms with Gasteiger partial charge in [0.1, 0.15) is 15.9 Å². The Morgan fingerprint density at radius 2 is 1.61 bits per heavy atom. The summed E-state index contributed by atoms with van der Waals surface area (Å²) in [7, 11) is -3.46. The minimum Gasteiger partial charge on any atom is -0.348 e. The first-order valence-corrected chi connectivity index (χ1v) is 12.9. The van der Waals surface area contributed by atoms with Crippen molar-refractivity contribution in [1.29, 1.82) is 0 Å². The summed E-state index contributed by atoms with van der Waals surface area (Å²) in [6.45, 7) is 5.24. The van der Waals surface area contributed by atoms with Crippen molar-refractivity contribution < 1.29 is 27.6 Å². The first-order chi connectivity index (χ1) is 15.5. The lowest BCUT2D eigenvalue weighted by Crippen LogP contribution is -2.55. The van der Waals surface area contributed by atoms with Gasteiger partial charge < -0.3 is 21.3 Å². The largest absolute Gasteiger partial charge is 0.348 e. The van der Waals surface area contributed by atoms with E-state index in [1.807, 2.05) is 30.3 Å². The number of carbonyl (C=O) groups is 4. The molecule has 3 amide bonds. The number of benzene rings is 1. The number of amides is 3. The van der Waals surface area contributed by atoms with Crippen LogP contribution in [0.3, 0.4) is 0 Å². The average molecular weight is 483 g/mol. The highest BCUT2D eigenvalue weighted by atomic mass is 32.2. The molecule has 0 spiro atoms. The minimum absolute atomic E-state index is 0.187. The number of carbonyl (C=O) groups excluding carboxylic acids is 4. The summed E-state index contributed by atoms with van der Waals surface area (Å²) in [5.41, 5.74) is 0.892. The number of hydrogen-bond acceptors (Lipinski definition) is 7. The molecule has 0 radical (unpaired) electrons. The molecular formula is C22H34N4O6S. The first-order valence-electron chi connectivity index (χ1n) is 10.9. The molecular weight excluding hydrogens is 448 g/mol. The van der Waals surface area contributed by atoms with Gasteiger partial charge in [-0.05, 0) is 25.5 Å². The molecule has 0 aliphatic rings. The number of sulfone groups is 1. The van der Waals surface area contributed by atoms with Crippen molar-refractivity contribution in [3.8, 4) is 0 Å². The second kappa shape index (κ2) is 13.7. The molecule has 184 valence electrons. The molecule has 0 fully saturated rings. The van der Waals surface area contributed by atoms with Crippen LogP contribution in [0, 0.1) is 0 Å². The number of hydrogen-bond donors (Lipinski definition) is 4. The molecule has 0 aliphatic carbocycles. The van der Waals surface area contributed by atoms with Crippen LogP contribution in [0.25, 0.3) is 0 Å². The smallest absolute Gasteiger partial charge is 0.290 e. The summed E-state index contributed by atoms with van der Waals surface area (Å²) in [5, 5.41) is 10.2. The van der Waals surface area contributed by atoms with Gasteiger partial charge >= 0.3 is 0 Å². The zero-order chi connectivity index (χ0) is 25.0. The molecule has 0 saturated heterocycles. The third-order valence-electron chi connectivity index (χ3n) is 4.76. The molecule has 33 heavy (non-hydrogen) atoms. The van der Waals surface area contributed by atoms with Gasteiger partial charge in [-0.15, -0.1) is 0 Å². The number of ketones is 1. The van der Waals surface area contributed by atoms with Crippen LogP contribution in [0.1, 0.15) is 45.2 Å². The molecule has 1 aromatic rings. The van der Waals surface area contributed by atoms with Crippen molar-refractivity contribution in [2.75, 3.05) is 25.1 Å². The Morgan fingerprint density at radius 3 is 2.15 bits per heavy atom. The number of likely N-dealkylation sites (N-methyl/N-ethyl adjacent to an activating group) is 1. The maximum absolute atomic E-state index is 12.6. The van der Waals surface area contributed by atoms with Crippen LogP contribution in [0.15, 0.2) is 30.3 Å². The van der Waals surface area contributed by atoms with E-state index in [2.05, 4.69) is 21.3 Å². The predicted molar refractivity (Wildman–Crippen MR) is 125 cm³/mol. The monoisotopic (exact) mass is 482 g/mol. The highest BCUT2D eigenvalue weighted by molar-refractivity contribution is 7.90. The van der Waals surface area contributed by atoms with Crippen LogP contribution in [-0.2, 0) is 29.0 Å². The zero-order valence-corrected chi connectivity index (χ0v) is 20.3. The van der Waals surface area contributed by atoms with Crippen LogP contribution in [0.4, 0.5) is 0 Å². The lowest BCUT2D eigenvalue weighted by atomic mass is 10.1. The summed E-state index contributed by atoms with van der Waals surface area (Å²) in [6.07, 6.45) is 1.69. The van der Waals surface area contributed by atoms with Gasteiger partial charge in [0, 0.05) is 6.26 Å². The van der Waals surface area contributed by atoms with Gasteiger partial charge in [0.15, 0.2) is 0 Å². The summed E-state index contributed by atoms with van der Waals surface area (Å²) < 4.78 is 23.2. The number of Topliss-reactive ketones (excluding diaryl/α,β-unsaturated/α-hetero) is 1. The molecule has 1 rings (SSSR count). The second-order valence-corrected chi connectivity index (χ2v) is 9.98. The standard InChI is InChI=1S/C22H34N4O6S/c1-5-10-17(26-21(29)18(23-6-2)14-33(4,31)32)20(28)22(30)24-13-19(27)25-15(3)16-11-8-7-9-12-16/h7-9,11-12,15,17-18,23H,5-6,10,13-14H2,1-4H3,(H,24,30)(H,25,27)(H,26,29)/t15-,17?,18?/m1/s1. The third kappa shape index (κ3) is 10.6. The summed E-state index contributed by atoms with van der Waals surface area (Å²) in [6, 6.07) is 6.80. The number of nitrogens with one attached hydrogen (secondary N) is 4. The maximum Gasteiger partial charge on any atom is 0.290 e. The molecule has 0 saturated carbocycles. The molecule has 0 heterocycles. The van der Waals surface area contributed by atoms with E-state index in [0.717, 1.165) is 11.8 Å². The fourth-order valence-corrected chi connectivity index (χ4v) is 4.00. The molecule has 10 nitrogen and oxygen atoms in total. The van der Waals surface area contributed by atoms with Crippen LogP contribution in [0.5, 0.6) is 0 Å². The summed E-state index contributed by atoms with van der Waals surface area (Å²) in [4.78, 5) is 49.6. The molecule has 4 N–H and O–H groups in total. The van der Waals surface area contributed by atoms with E-state index in [-0.39, 0.29) is 12.5 Å². The Balaban J connectivity index is 2.69. The van der Waals surface area contributed by atoms with Crippen LogP contribution in [-0.4, -0.2) is 69.1 Å². The van der Waals surface area contributed by atoms with E-state index < -0.39 is 57.7 Å². The molecule has 11 heteroatoms. The van der Waals surface area contributed by atoms with Crippen molar-refractivity contribution >= 4 is 33.3 Å². The van der Waals surface area contributed by atoms with E-state index in [9.17, 15) is 27.6 Å². The van der Waals surface area contributed by atoms with Gasteiger partial charge in [-0.25, -0.2) is 8.42 Å². The Kier molecular flexibility index (Phi) is 11.7. The lowest BCUT2D eigenvalue weighted by Gasteiger charge is -2.21. The Hall–Kier alpha value is -2.79. The van der Waals surface area contributed by atoms with E-state index in [0.29, 0.717) is 13.0 Å². The van der Waals surface area contributed by atoms with Gasteiger partial charge in [0.2, 0.25) is 17.6 Å². The lowest BCUT2D eigenvalue weighted by molar-refractivity contribution is -0.140. The van der Waals surface area contributed by atoms with Gasteiger partial charge in [-0.3, -0.25) is 19.2 Å². The average Bonchev–Trinajstić information content (AvgIpc) is 2.76. The summed E-state index contributed by atoms with van der Waals surface area (Å²) in [5.74, 6) is -3.49. The fourth-order valence-electron chi connectivity index (χ4n) is 3.13. The van der Waals surface area contributed by atoms with Gasteiger partial charge in [-0.2, -0.15) is 0 Å². The van der Waals surface area contributed by atoms with E-state index in [1.54, 1.807) is 20.8 Å². The van der Waals surface area contributed by atoms with E-state index in [1.165, 1.54) is 0 Å². The zero-order valence-electron chi connectivity index (χ0n) is 19.5. The second-order valence-electron chi connectivity index (χ2n) is 7.80. The number of rotatable bonds is 14. The highest BCUT2D eigenvalue weighted by Crippen LogP contribution is 2.10. The van der Waals surface area contributed by atoms with Crippen molar-refractivity contribution in [3.63, 3.8) is 0 Å². The third-order valence-corrected chi connectivity index (χ3v) is 5.70. The van der Waals surface area contributed by atoms with Gasteiger partial charge in [0.05, 0.1) is 24.4 Å². The highest BCUT2D eigenvalue weighted by Gasteiger charge is 2.30. The maximum atomic E-state index is 12.6. The van der Waals surface area contributed by atoms with E-state index in [4.69, 9.17) is 0 Å². The molecule has 0 bridgehead atoms. The topological polar surface area (TPSA) is 151 Å². The van der Waals surface area contributed by atoms with Crippen molar-refractivity contribution in [3.05, 3.63) is 35.9 Å². The molecule has 2 unspecified atom stereocenters. The van der Waals surface area contributed by atoms with Gasteiger partial charge in [0.25, 0.3) is 5.91 Å². The molecule has 0 aliphatic heterocycles. The van der Waals surface area contributed by atoms with Crippen molar-refractivity contribution in [1.82, 2.24) is 21.3 Å². The Bertz CT molecular complexity index is 920. The Morgan fingerprint density at radius 1 is 0.970 bits per heavy atom. The Labute approximate surface area is 195 Å². The van der Waals surface area contributed by atoms with Crippen molar-refractivity contribution in [2.45, 2.75) is 51.7 Å². The molecule has 3 atom stereocenters. The normalized spacial score (nSPS) is 13.9. The predicted octanol–water partition coefficient (Wildman–Crippen LogP) is -0.143. The van der Waals surface area contributed by atoms with Crippen LogP contribution >= 0.6 is 0 Å². The molecule has 0 aromatic heterocycles. The van der Waals surface area contributed by atoms with Crippen LogP contribution in [0.2, 0.25) is 0 Å². The van der Waals surface area contributed by atoms with E-state index >= 15 is 0 Å². The fraction of sp³-hybridized carbons (Fsp3) is 0.545. The first kappa shape index (κ1) is 28.2. The van der Waals surface area contributed by atoms with Gasteiger partial charge in [-0.1, -0.05) is 50.6 Å².